The van der Waals surface area contributed by atoms with Crippen LogP contribution in [0.1, 0.15) is 21.8 Å². The van der Waals surface area contributed by atoms with Crippen molar-refractivity contribution in [3.8, 4) is 0 Å². The maximum Gasteiger partial charge on any atom is 0.372 e. The van der Waals surface area contributed by atoms with Gasteiger partial charge in [-0.2, -0.15) is 0 Å². The van der Waals surface area contributed by atoms with Crippen molar-refractivity contribution < 1.29 is 19.1 Å². The van der Waals surface area contributed by atoms with Gasteiger partial charge in [-0.1, -0.05) is 6.07 Å². The predicted molar refractivity (Wildman–Crippen MR) is 58.4 cm³/mol. The minimum absolute atomic E-state index is 0.0778. The molecule has 5 nitrogen and oxygen atoms in total. The standard InChI is InChI=1S/C12H11NO4/c14-12(15)11-9(4-6-17-11)7-16-8-10-3-1-2-5-13-10/h1-6H,7-8H2,(H,14,15). The smallest absolute Gasteiger partial charge is 0.372 e. The molecule has 0 atom stereocenters. The second kappa shape index (κ2) is 5.27. The third-order valence-electron chi connectivity index (χ3n) is 2.17. The van der Waals surface area contributed by atoms with Crippen LogP contribution in [0.3, 0.4) is 0 Å². The Balaban J connectivity index is 1.90. The van der Waals surface area contributed by atoms with Gasteiger partial charge in [0.25, 0.3) is 0 Å². The molecule has 2 heterocycles. The molecule has 0 saturated carbocycles. The normalized spacial score (nSPS) is 10.4. The average molecular weight is 233 g/mol. The fourth-order valence-electron chi connectivity index (χ4n) is 1.39. The molecule has 0 radical (unpaired) electrons. The van der Waals surface area contributed by atoms with Gasteiger partial charge >= 0.3 is 5.97 Å². The van der Waals surface area contributed by atoms with Crippen LogP contribution in [0, 0.1) is 0 Å². The van der Waals surface area contributed by atoms with E-state index in [2.05, 4.69) is 4.98 Å². The van der Waals surface area contributed by atoms with Gasteiger partial charge in [0.15, 0.2) is 0 Å². The van der Waals surface area contributed by atoms with Crippen LogP contribution in [0.4, 0.5) is 0 Å². The lowest BCUT2D eigenvalue weighted by Gasteiger charge is -2.02. The van der Waals surface area contributed by atoms with E-state index in [0.29, 0.717) is 12.2 Å². The highest BCUT2D eigenvalue weighted by molar-refractivity contribution is 5.85. The van der Waals surface area contributed by atoms with Gasteiger partial charge in [0.2, 0.25) is 5.76 Å². The molecule has 1 N–H and O–H groups in total. The third kappa shape index (κ3) is 2.92. The molecule has 2 rings (SSSR count). The number of ether oxygens (including phenoxy) is 1. The van der Waals surface area contributed by atoms with Crippen LogP contribution in [0.5, 0.6) is 0 Å². The molecular weight excluding hydrogens is 222 g/mol. The first-order chi connectivity index (χ1) is 8.27. The largest absolute Gasteiger partial charge is 0.475 e. The summed E-state index contributed by atoms with van der Waals surface area (Å²) in [7, 11) is 0. The summed E-state index contributed by atoms with van der Waals surface area (Å²) < 4.78 is 10.2. The van der Waals surface area contributed by atoms with Gasteiger partial charge in [0.05, 0.1) is 25.2 Å². The zero-order chi connectivity index (χ0) is 12.1. The van der Waals surface area contributed by atoms with E-state index < -0.39 is 5.97 Å². The number of nitrogens with zero attached hydrogens (tertiary/aromatic N) is 1. The summed E-state index contributed by atoms with van der Waals surface area (Å²) in [6.07, 6.45) is 3.02. The van der Waals surface area contributed by atoms with E-state index >= 15 is 0 Å². The highest BCUT2D eigenvalue weighted by Gasteiger charge is 2.13. The van der Waals surface area contributed by atoms with E-state index in [1.807, 2.05) is 18.2 Å². The van der Waals surface area contributed by atoms with E-state index in [1.165, 1.54) is 6.26 Å². The lowest BCUT2D eigenvalue weighted by molar-refractivity contribution is 0.0646. The fourth-order valence-corrected chi connectivity index (χ4v) is 1.39. The first kappa shape index (κ1) is 11.3. The first-order valence-corrected chi connectivity index (χ1v) is 5.04. The van der Waals surface area contributed by atoms with Gasteiger partial charge in [0, 0.05) is 11.8 Å². The summed E-state index contributed by atoms with van der Waals surface area (Å²) in [6.45, 7) is 0.528. The van der Waals surface area contributed by atoms with Crippen LogP contribution in [-0.4, -0.2) is 16.1 Å². The number of carbonyl (C=O) groups is 1. The van der Waals surface area contributed by atoms with Gasteiger partial charge in [0.1, 0.15) is 0 Å². The van der Waals surface area contributed by atoms with Crippen molar-refractivity contribution in [3.63, 3.8) is 0 Å². The fraction of sp³-hybridized carbons (Fsp3) is 0.167. The van der Waals surface area contributed by atoms with Crippen LogP contribution < -0.4 is 0 Å². The number of rotatable bonds is 5. The Morgan fingerprint density at radius 1 is 1.35 bits per heavy atom. The van der Waals surface area contributed by atoms with Crippen molar-refractivity contribution in [1.29, 1.82) is 0 Å². The van der Waals surface area contributed by atoms with Gasteiger partial charge in [-0.05, 0) is 18.2 Å². The molecule has 0 bridgehead atoms. The van der Waals surface area contributed by atoms with Crippen molar-refractivity contribution in [2.24, 2.45) is 0 Å². The van der Waals surface area contributed by atoms with Gasteiger partial charge in [-0.15, -0.1) is 0 Å². The van der Waals surface area contributed by atoms with Crippen molar-refractivity contribution in [1.82, 2.24) is 4.98 Å². The Morgan fingerprint density at radius 3 is 2.94 bits per heavy atom. The maximum atomic E-state index is 10.8. The highest BCUT2D eigenvalue weighted by Crippen LogP contribution is 2.12. The molecule has 0 spiro atoms. The van der Waals surface area contributed by atoms with Crippen LogP contribution >= 0.6 is 0 Å². The van der Waals surface area contributed by atoms with Gasteiger partial charge in [-0.3, -0.25) is 4.98 Å². The Morgan fingerprint density at radius 2 is 2.24 bits per heavy atom. The van der Waals surface area contributed by atoms with Crippen LogP contribution in [-0.2, 0) is 18.0 Å². The van der Waals surface area contributed by atoms with Gasteiger partial charge in [-0.25, -0.2) is 4.79 Å². The zero-order valence-electron chi connectivity index (χ0n) is 9.00. The molecule has 0 unspecified atom stereocenters. The molecule has 2 aromatic heterocycles. The van der Waals surface area contributed by atoms with E-state index in [0.717, 1.165) is 5.69 Å². The highest BCUT2D eigenvalue weighted by atomic mass is 16.5. The SMILES string of the molecule is O=C(O)c1occc1COCc1ccccn1. The maximum absolute atomic E-state index is 10.8. The number of aromatic nitrogens is 1. The molecule has 0 saturated heterocycles. The van der Waals surface area contributed by atoms with E-state index in [-0.39, 0.29) is 12.4 Å². The Kier molecular flexibility index (Phi) is 3.52. The molecule has 0 aliphatic rings. The number of furan rings is 1. The van der Waals surface area contributed by atoms with E-state index in [9.17, 15) is 4.79 Å². The monoisotopic (exact) mass is 233 g/mol. The average Bonchev–Trinajstić information content (AvgIpc) is 2.79. The quantitative estimate of drug-likeness (QED) is 0.856. The van der Waals surface area contributed by atoms with Crippen molar-refractivity contribution in [3.05, 3.63) is 53.7 Å². The number of aromatic carboxylic acids is 1. The minimum atomic E-state index is -1.09. The number of pyridine rings is 1. The van der Waals surface area contributed by atoms with Crippen molar-refractivity contribution in [2.45, 2.75) is 13.2 Å². The topological polar surface area (TPSA) is 72.6 Å². The van der Waals surface area contributed by atoms with Crippen LogP contribution in [0.25, 0.3) is 0 Å². The molecule has 0 aliphatic carbocycles. The Hall–Kier alpha value is -2.14. The molecular formula is C12H11NO4. The molecule has 0 amide bonds. The Bertz CT molecular complexity index is 492. The van der Waals surface area contributed by atoms with Crippen molar-refractivity contribution >= 4 is 5.97 Å². The molecule has 0 aliphatic heterocycles. The van der Waals surface area contributed by atoms with Crippen molar-refractivity contribution in [2.75, 3.05) is 0 Å². The van der Waals surface area contributed by atoms with E-state index in [4.69, 9.17) is 14.3 Å². The lowest BCUT2D eigenvalue weighted by Crippen LogP contribution is -2.01. The zero-order valence-corrected chi connectivity index (χ0v) is 9.00. The number of hydrogen-bond donors (Lipinski definition) is 1. The van der Waals surface area contributed by atoms with E-state index in [1.54, 1.807) is 12.3 Å². The van der Waals surface area contributed by atoms with Crippen LogP contribution in [0.15, 0.2) is 41.1 Å². The summed E-state index contributed by atoms with van der Waals surface area (Å²) >= 11 is 0. The third-order valence-corrected chi connectivity index (χ3v) is 2.17. The summed E-state index contributed by atoms with van der Waals surface area (Å²) in [5.41, 5.74) is 1.32. The lowest BCUT2D eigenvalue weighted by atomic mass is 10.2. The number of carboxylic acids is 1. The molecule has 0 fully saturated rings. The van der Waals surface area contributed by atoms with Crippen LogP contribution in [0.2, 0.25) is 0 Å². The summed E-state index contributed by atoms with van der Waals surface area (Å²) in [5, 5.41) is 8.81. The summed E-state index contributed by atoms with van der Waals surface area (Å²) in [5.74, 6) is -1.17. The molecule has 0 aromatic carbocycles. The molecule has 2 aromatic rings. The molecule has 17 heavy (non-hydrogen) atoms. The summed E-state index contributed by atoms with van der Waals surface area (Å²) in [6, 6.07) is 7.11. The minimum Gasteiger partial charge on any atom is -0.475 e. The first-order valence-electron chi connectivity index (χ1n) is 5.04. The second-order valence-corrected chi connectivity index (χ2v) is 3.39. The number of hydrogen-bond acceptors (Lipinski definition) is 4. The van der Waals surface area contributed by atoms with Gasteiger partial charge < -0.3 is 14.3 Å². The molecule has 88 valence electrons. The predicted octanol–water partition coefficient (Wildman–Crippen LogP) is 2.09. The number of carboxylic acid groups (broad SMARTS) is 1. The second-order valence-electron chi connectivity index (χ2n) is 3.39. The Labute approximate surface area is 97.7 Å². The summed E-state index contributed by atoms with van der Waals surface area (Å²) in [4.78, 5) is 14.8. The molecule has 5 heteroatoms.